The highest BCUT2D eigenvalue weighted by Crippen LogP contribution is 2.37. The number of carbonyl (C=O) groups is 2. The van der Waals surface area contributed by atoms with Crippen LogP contribution in [0.2, 0.25) is 0 Å². The van der Waals surface area contributed by atoms with E-state index < -0.39 is 5.91 Å². The van der Waals surface area contributed by atoms with Gasteiger partial charge in [0.2, 0.25) is 11.8 Å². The molecule has 0 aromatic heterocycles. The zero-order chi connectivity index (χ0) is 16.4. The number of benzene rings is 1. The number of hydrogen-bond donors (Lipinski definition) is 2. The summed E-state index contributed by atoms with van der Waals surface area (Å²) in [4.78, 5) is 25.3. The van der Waals surface area contributed by atoms with Gasteiger partial charge in [0.15, 0.2) is 0 Å². The summed E-state index contributed by atoms with van der Waals surface area (Å²) in [6, 6.07) is 6.92. The van der Waals surface area contributed by atoms with Crippen molar-refractivity contribution in [3.8, 4) is 5.75 Å². The molecule has 0 bridgehead atoms. The van der Waals surface area contributed by atoms with E-state index in [4.69, 9.17) is 16.2 Å². The number of primary amides is 1. The van der Waals surface area contributed by atoms with E-state index in [1.165, 1.54) is 0 Å². The lowest BCUT2D eigenvalue weighted by atomic mass is 9.98. The summed E-state index contributed by atoms with van der Waals surface area (Å²) in [6.07, 6.45) is 2.54. The third-order valence-electron chi connectivity index (χ3n) is 4.97. The highest BCUT2D eigenvalue weighted by molar-refractivity contribution is 5.93. The quantitative estimate of drug-likeness (QED) is 0.837. The topological polar surface area (TPSA) is 98.7 Å². The van der Waals surface area contributed by atoms with Crippen LogP contribution in [0.4, 0.5) is 0 Å². The van der Waals surface area contributed by atoms with Crippen molar-refractivity contribution in [1.82, 2.24) is 4.90 Å². The van der Waals surface area contributed by atoms with Crippen molar-refractivity contribution < 1.29 is 14.3 Å². The monoisotopic (exact) mass is 317 g/mol. The van der Waals surface area contributed by atoms with Crippen molar-refractivity contribution in [2.24, 2.45) is 23.3 Å². The molecule has 124 valence electrons. The van der Waals surface area contributed by atoms with Gasteiger partial charge in [-0.15, -0.1) is 0 Å². The Morgan fingerprint density at radius 2 is 2.09 bits per heavy atom. The first-order valence-corrected chi connectivity index (χ1v) is 8.10. The van der Waals surface area contributed by atoms with E-state index in [1.807, 2.05) is 4.90 Å². The van der Waals surface area contributed by atoms with Gasteiger partial charge in [0.25, 0.3) is 0 Å². The fourth-order valence-electron chi connectivity index (χ4n) is 3.66. The molecule has 6 nitrogen and oxygen atoms in total. The molecule has 2 amide bonds. The summed E-state index contributed by atoms with van der Waals surface area (Å²) >= 11 is 0. The van der Waals surface area contributed by atoms with Crippen LogP contribution in [0, 0.1) is 11.8 Å². The van der Waals surface area contributed by atoms with E-state index in [2.05, 4.69) is 0 Å². The van der Waals surface area contributed by atoms with Gasteiger partial charge in [-0.2, -0.15) is 0 Å². The number of rotatable bonds is 5. The van der Waals surface area contributed by atoms with Crippen LogP contribution in [0.1, 0.15) is 29.6 Å². The Balaban J connectivity index is 1.47. The summed E-state index contributed by atoms with van der Waals surface area (Å²) in [7, 11) is 0. The van der Waals surface area contributed by atoms with Crippen molar-refractivity contribution in [2.45, 2.75) is 25.3 Å². The highest BCUT2D eigenvalue weighted by atomic mass is 16.5. The predicted molar refractivity (Wildman–Crippen MR) is 85.8 cm³/mol. The van der Waals surface area contributed by atoms with Crippen LogP contribution >= 0.6 is 0 Å². The molecule has 4 N–H and O–H groups in total. The average molecular weight is 317 g/mol. The van der Waals surface area contributed by atoms with Crippen molar-refractivity contribution >= 4 is 11.8 Å². The van der Waals surface area contributed by atoms with Gasteiger partial charge in [0, 0.05) is 24.7 Å². The number of amides is 2. The SMILES string of the molecule is NC(=O)c1cccc(OCCC(=O)N2CC3CCC(N)C3C2)c1. The number of nitrogens with two attached hydrogens (primary N) is 2. The van der Waals surface area contributed by atoms with Crippen LogP contribution in [0.15, 0.2) is 24.3 Å². The molecule has 1 aliphatic carbocycles. The summed E-state index contributed by atoms with van der Waals surface area (Å²) in [6.45, 7) is 1.90. The highest BCUT2D eigenvalue weighted by Gasteiger charge is 2.42. The van der Waals surface area contributed by atoms with Crippen molar-refractivity contribution in [2.75, 3.05) is 19.7 Å². The Bertz CT molecular complexity index is 605. The number of hydrogen-bond acceptors (Lipinski definition) is 4. The minimum absolute atomic E-state index is 0.109. The fraction of sp³-hybridized carbons (Fsp3) is 0.529. The van der Waals surface area contributed by atoms with Crippen LogP contribution in [-0.4, -0.2) is 42.5 Å². The summed E-state index contributed by atoms with van der Waals surface area (Å²) in [5.41, 5.74) is 11.7. The first kappa shape index (κ1) is 15.8. The van der Waals surface area contributed by atoms with Gasteiger partial charge < -0.3 is 21.1 Å². The molecule has 3 atom stereocenters. The second-order valence-corrected chi connectivity index (χ2v) is 6.45. The fourth-order valence-corrected chi connectivity index (χ4v) is 3.66. The van der Waals surface area contributed by atoms with Gasteiger partial charge in [-0.05, 0) is 42.9 Å². The van der Waals surface area contributed by atoms with Gasteiger partial charge >= 0.3 is 0 Å². The molecule has 1 aliphatic heterocycles. The van der Waals surface area contributed by atoms with E-state index >= 15 is 0 Å². The minimum Gasteiger partial charge on any atom is -0.493 e. The van der Waals surface area contributed by atoms with Crippen molar-refractivity contribution in [3.05, 3.63) is 29.8 Å². The van der Waals surface area contributed by atoms with Crippen molar-refractivity contribution in [1.29, 1.82) is 0 Å². The van der Waals surface area contributed by atoms with Crippen LogP contribution in [0.3, 0.4) is 0 Å². The molecule has 1 heterocycles. The lowest BCUT2D eigenvalue weighted by Crippen LogP contribution is -2.34. The number of fused-ring (bicyclic) bond motifs is 1. The molecule has 2 aliphatic rings. The largest absolute Gasteiger partial charge is 0.493 e. The molecule has 0 radical (unpaired) electrons. The van der Waals surface area contributed by atoms with E-state index in [1.54, 1.807) is 24.3 Å². The molecule has 0 spiro atoms. The number of ether oxygens (including phenoxy) is 1. The molecule has 2 fully saturated rings. The van der Waals surface area contributed by atoms with Gasteiger partial charge in [0.1, 0.15) is 5.75 Å². The number of nitrogens with zero attached hydrogens (tertiary/aromatic N) is 1. The molecule has 6 heteroatoms. The maximum Gasteiger partial charge on any atom is 0.248 e. The summed E-state index contributed by atoms with van der Waals surface area (Å²) < 4.78 is 5.56. The first-order chi connectivity index (χ1) is 11.0. The Morgan fingerprint density at radius 1 is 1.26 bits per heavy atom. The molecule has 3 rings (SSSR count). The minimum atomic E-state index is -0.494. The Morgan fingerprint density at radius 3 is 2.83 bits per heavy atom. The zero-order valence-electron chi connectivity index (χ0n) is 13.1. The van der Waals surface area contributed by atoms with E-state index in [9.17, 15) is 9.59 Å². The van der Waals surface area contributed by atoms with E-state index in [0.717, 1.165) is 25.9 Å². The second-order valence-electron chi connectivity index (χ2n) is 6.45. The number of likely N-dealkylation sites (tertiary alicyclic amines) is 1. The summed E-state index contributed by atoms with van der Waals surface area (Å²) in [5, 5.41) is 0. The van der Waals surface area contributed by atoms with Gasteiger partial charge in [0.05, 0.1) is 13.0 Å². The van der Waals surface area contributed by atoms with Crippen LogP contribution < -0.4 is 16.2 Å². The van der Waals surface area contributed by atoms with Gasteiger partial charge in [-0.3, -0.25) is 9.59 Å². The van der Waals surface area contributed by atoms with Crippen LogP contribution in [0.25, 0.3) is 0 Å². The zero-order valence-corrected chi connectivity index (χ0v) is 13.1. The first-order valence-electron chi connectivity index (χ1n) is 8.10. The third kappa shape index (κ3) is 3.47. The maximum atomic E-state index is 12.3. The summed E-state index contributed by atoms with van der Waals surface area (Å²) in [5.74, 6) is 1.20. The Kier molecular flexibility index (Phi) is 4.52. The van der Waals surface area contributed by atoms with E-state index in [-0.39, 0.29) is 11.9 Å². The number of carbonyl (C=O) groups excluding carboxylic acids is 2. The molecule has 1 aromatic carbocycles. The van der Waals surface area contributed by atoms with E-state index in [0.29, 0.717) is 36.2 Å². The van der Waals surface area contributed by atoms with Crippen LogP contribution in [0.5, 0.6) is 5.75 Å². The second kappa shape index (κ2) is 6.58. The Labute approximate surface area is 135 Å². The lowest BCUT2D eigenvalue weighted by molar-refractivity contribution is -0.131. The maximum absolute atomic E-state index is 12.3. The molecule has 1 aromatic rings. The molecule has 3 unspecified atom stereocenters. The normalized spacial score (nSPS) is 26.1. The van der Waals surface area contributed by atoms with Gasteiger partial charge in [-0.1, -0.05) is 6.07 Å². The van der Waals surface area contributed by atoms with Crippen LogP contribution in [-0.2, 0) is 4.79 Å². The predicted octanol–water partition coefficient (Wildman–Crippen LogP) is 0.750. The molecule has 1 saturated carbocycles. The van der Waals surface area contributed by atoms with Crippen molar-refractivity contribution in [3.63, 3.8) is 0 Å². The van der Waals surface area contributed by atoms with Gasteiger partial charge in [-0.25, -0.2) is 0 Å². The molecular formula is C17H23N3O3. The lowest BCUT2D eigenvalue weighted by Gasteiger charge is -2.19. The average Bonchev–Trinajstić information content (AvgIpc) is 3.10. The Hall–Kier alpha value is -2.08. The standard InChI is InChI=1S/C17H23N3O3/c18-15-5-4-12-9-20(10-14(12)15)16(21)6-7-23-13-3-1-2-11(8-13)17(19)22/h1-3,8,12,14-15H,4-7,9-10,18H2,(H2,19,22). The third-order valence-corrected chi connectivity index (χ3v) is 4.97. The molecule has 23 heavy (non-hydrogen) atoms. The molecular weight excluding hydrogens is 294 g/mol. The smallest absolute Gasteiger partial charge is 0.248 e. The molecule has 1 saturated heterocycles.